The van der Waals surface area contributed by atoms with E-state index in [1.54, 1.807) is 0 Å². The highest BCUT2D eigenvalue weighted by atomic mass is 32.2. The van der Waals surface area contributed by atoms with E-state index < -0.39 is 21.7 Å². The number of sulfonamides is 1. The molecule has 126 valence electrons. The molecule has 9 nitrogen and oxygen atoms in total. The molecule has 23 heavy (non-hydrogen) atoms. The molecule has 3 heterocycles. The van der Waals surface area contributed by atoms with E-state index >= 15 is 0 Å². The van der Waals surface area contributed by atoms with Crippen molar-refractivity contribution in [2.45, 2.75) is 23.5 Å². The first kappa shape index (κ1) is 16.1. The van der Waals surface area contributed by atoms with Crippen LogP contribution in [0, 0.1) is 0 Å². The minimum Gasteiger partial charge on any atom is -0.465 e. The second kappa shape index (κ2) is 6.02. The molecule has 0 unspecified atom stereocenters. The second-order valence-corrected chi connectivity index (χ2v) is 7.57. The molecule has 0 aliphatic carbocycles. The van der Waals surface area contributed by atoms with E-state index in [0.717, 1.165) is 0 Å². The molecule has 0 radical (unpaired) electrons. The average Bonchev–Trinajstić information content (AvgIpc) is 2.56. The van der Waals surface area contributed by atoms with Gasteiger partial charge in [0.2, 0.25) is 0 Å². The van der Waals surface area contributed by atoms with E-state index in [1.807, 2.05) is 0 Å². The lowest BCUT2D eigenvalue weighted by Gasteiger charge is -2.46. The second-order valence-electron chi connectivity index (χ2n) is 5.68. The molecule has 1 spiro atoms. The predicted octanol–water partition coefficient (Wildman–Crippen LogP) is 0.0101. The van der Waals surface area contributed by atoms with Crippen LogP contribution in [0.15, 0.2) is 23.6 Å². The topological polar surface area (TPSA) is 113 Å². The molecule has 2 aliphatic heterocycles. The van der Waals surface area contributed by atoms with Gasteiger partial charge < -0.3 is 14.7 Å². The Balaban J connectivity index is 1.75. The van der Waals surface area contributed by atoms with Crippen molar-refractivity contribution in [2.24, 2.45) is 0 Å². The number of aromatic nitrogens is 2. The predicted molar refractivity (Wildman–Crippen MR) is 78.3 cm³/mol. The summed E-state index contributed by atoms with van der Waals surface area (Å²) in [5.41, 5.74) is -0.626. The molecule has 3 rings (SSSR count). The van der Waals surface area contributed by atoms with E-state index in [-0.39, 0.29) is 24.7 Å². The maximum absolute atomic E-state index is 12.6. The van der Waals surface area contributed by atoms with Crippen LogP contribution in [0.3, 0.4) is 0 Å². The van der Waals surface area contributed by atoms with Gasteiger partial charge in [-0.3, -0.25) is 4.98 Å². The van der Waals surface area contributed by atoms with E-state index in [4.69, 9.17) is 9.84 Å². The molecule has 1 aromatic heterocycles. The smallest absolute Gasteiger partial charge is 0.407 e. The highest BCUT2D eigenvalue weighted by molar-refractivity contribution is 7.89. The maximum atomic E-state index is 12.6. The Morgan fingerprint density at radius 3 is 2.61 bits per heavy atom. The molecule has 1 N–H and O–H groups in total. The summed E-state index contributed by atoms with van der Waals surface area (Å²) in [6.45, 7) is 1.43. The molecule has 0 atom stereocenters. The van der Waals surface area contributed by atoms with Gasteiger partial charge in [-0.15, -0.1) is 0 Å². The summed E-state index contributed by atoms with van der Waals surface area (Å²) in [5, 5.41) is 8.94. The number of amides is 1. The van der Waals surface area contributed by atoms with Gasteiger partial charge in [-0.05, 0) is 12.8 Å². The maximum Gasteiger partial charge on any atom is 0.407 e. The summed E-state index contributed by atoms with van der Waals surface area (Å²) >= 11 is 0. The monoisotopic (exact) mass is 342 g/mol. The number of piperidine rings is 1. The lowest BCUT2D eigenvalue weighted by atomic mass is 9.90. The van der Waals surface area contributed by atoms with Crippen LogP contribution >= 0.6 is 0 Å². The van der Waals surface area contributed by atoms with Crippen LogP contribution < -0.4 is 0 Å². The third kappa shape index (κ3) is 3.14. The van der Waals surface area contributed by atoms with Gasteiger partial charge in [0.15, 0.2) is 5.03 Å². The number of rotatable bonds is 2. The lowest BCUT2D eigenvalue weighted by Crippen LogP contribution is -2.58. The van der Waals surface area contributed by atoms with Crippen molar-refractivity contribution >= 4 is 16.1 Å². The highest BCUT2D eigenvalue weighted by Gasteiger charge is 2.44. The van der Waals surface area contributed by atoms with Crippen LogP contribution in [0.25, 0.3) is 0 Å². The summed E-state index contributed by atoms with van der Waals surface area (Å²) < 4.78 is 32.5. The minimum absolute atomic E-state index is 0.0833. The van der Waals surface area contributed by atoms with Crippen LogP contribution in [0.4, 0.5) is 4.79 Å². The number of likely N-dealkylation sites (tertiary alicyclic amines) is 1. The van der Waals surface area contributed by atoms with Crippen molar-refractivity contribution in [2.75, 3.05) is 32.8 Å². The summed E-state index contributed by atoms with van der Waals surface area (Å²) in [6.07, 6.45) is 3.98. The molecule has 2 aliphatic rings. The third-order valence-electron chi connectivity index (χ3n) is 4.30. The average molecular weight is 342 g/mol. The van der Waals surface area contributed by atoms with Crippen LogP contribution in [-0.4, -0.2) is 77.2 Å². The van der Waals surface area contributed by atoms with E-state index in [2.05, 4.69) is 9.97 Å². The van der Waals surface area contributed by atoms with Gasteiger partial charge in [0.1, 0.15) is 0 Å². The first-order valence-corrected chi connectivity index (χ1v) is 8.75. The summed E-state index contributed by atoms with van der Waals surface area (Å²) in [5.74, 6) is 0. The first-order chi connectivity index (χ1) is 10.9. The Bertz CT molecular complexity index is 673. The first-order valence-electron chi connectivity index (χ1n) is 7.31. The molecular weight excluding hydrogens is 324 g/mol. The van der Waals surface area contributed by atoms with Crippen LogP contribution in [-0.2, 0) is 14.8 Å². The minimum atomic E-state index is -3.72. The zero-order valence-corrected chi connectivity index (χ0v) is 13.3. The van der Waals surface area contributed by atoms with Crippen LogP contribution in [0.5, 0.6) is 0 Å². The summed E-state index contributed by atoms with van der Waals surface area (Å²) in [7, 11) is -3.72. The quantitative estimate of drug-likeness (QED) is 0.805. The van der Waals surface area contributed by atoms with Gasteiger partial charge in [-0.1, -0.05) is 0 Å². The molecular formula is C13H18N4O5S. The Morgan fingerprint density at radius 1 is 1.26 bits per heavy atom. The number of nitrogens with zero attached hydrogens (tertiary/aromatic N) is 4. The van der Waals surface area contributed by atoms with Gasteiger partial charge in [-0.25, -0.2) is 18.2 Å². The van der Waals surface area contributed by atoms with Crippen LogP contribution in [0.1, 0.15) is 12.8 Å². The number of carbonyl (C=O) groups is 1. The zero-order chi connectivity index (χ0) is 16.5. The zero-order valence-electron chi connectivity index (χ0n) is 12.5. The fraction of sp³-hybridized carbons (Fsp3) is 0.615. The van der Waals surface area contributed by atoms with Crippen molar-refractivity contribution in [1.29, 1.82) is 0 Å². The van der Waals surface area contributed by atoms with Crippen LogP contribution in [0.2, 0.25) is 0 Å². The molecule has 2 saturated heterocycles. The number of ether oxygens (including phenoxy) is 1. The number of hydrogen-bond donors (Lipinski definition) is 1. The highest BCUT2D eigenvalue weighted by Crippen LogP contribution is 2.32. The van der Waals surface area contributed by atoms with E-state index in [1.165, 1.54) is 27.8 Å². The van der Waals surface area contributed by atoms with Crippen molar-refractivity contribution in [3.8, 4) is 0 Å². The van der Waals surface area contributed by atoms with Crippen molar-refractivity contribution in [1.82, 2.24) is 19.2 Å². The van der Waals surface area contributed by atoms with Crippen molar-refractivity contribution in [3.05, 3.63) is 18.6 Å². The Labute approximate surface area is 133 Å². The standard InChI is InChI=1S/C13H18N4O5S/c18-12(19)16-5-1-13(2-6-16)10-17(7-8-22-13)23(20,21)11-9-14-3-4-15-11/h3-4,9H,1-2,5-8,10H2,(H,18,19). The Kier molecular flexibility index (Phi) is 4.21. The third-order valence-corrected chi connectivity index (χ3v) is 6.03. The Hall–Kier alpha value is -1.78. The molecule has 0 bridgehead atoms. The van der Waals surface area contributed by atoms with Gasteiger partial charge in [0.25, 0.3) is 10.0 Å². The number of morpholine rings is 1. The summed E-state index contributed by atoms with van der Waals surface area (Å²) in [4.78, 5) is 20.0. The molecule has 0 saturated carbocycles. The van der Waals surface area contributed by atoms with Gasteiger partial charge >= 0.3 is 6.09 Å². The SMILES string of the molecule is O=C(O)N1CCC2(CC1)CN(S(=O)(=O)c1cnccn1)CCO2. The largest absolute Gasteiger partial charge is 0.465 e. The van der Waals surface area contributed by atoms with Gasteiger partial charge in [-0.2, -0.15) is 4.31 Å². The number of carboxylic acid groups (broad SMARTS) is 1. The van der Waals surface area contributed by atoms with E-state index in [9.17, 15) is 13.2 Å². The fourth-order valence-electron chi connectivity index (χ4n) is 2.97. The van der Waals surface area contributed by atoms with Gasteiger partial charge in [0, 0.05) is 38.6 Å². The van der Waals surface area contributed by atoms with Crippen molar-refractivity contribution < 1.29 is 23.1 Å². The molecule has 0 aromatic carbocycles. The number of hydrogen-bond acceptors (Lipinski definition) is 6. The molecule has 10 heteroatoms. The lowest BCUT2D eigenvalue weighted by molar-refractivity contribution is -0.116. The van der Waals surface area contributed by atoms with Crippen molar-refractivity contribution in [3.63, 3.8) is 0 Å². The van der Waals surface area contributed by atoms with E-state index in [0.29, 0.717) is 25.9 Å². The molecule has 1 amide bonds. The fourth-order valence-corrected chi connectivity index (χ4v) is 4.35. The molecule has 2 fully saturated rings. The summed E-state index contributed by atoms with van der Waals surface area (Å²) in [6, 6.07) is 0. The van der Waals surface area contributed by atoms with Gasteiger partial charge in [0.05, 0.1) is 18.4 Å². The molecule has 1 aromatic rings. The Morgan fingerprint density at radius 2 is 2.00 bits per heavy atom. The normalized spacial score (nSPS) is 22.2.